The zero-order valence-electron chi connectivity index (χ0n) is 11.7. The summed E-state index contributed by atoms with van der Waals surface area (Å²) in [4.78, 5) is 11.0. The number of hydrogen-bond donors (Lipinski definition) is 1. The van der Waals surface area contributed by atoms with Gasteiger partial charge in [0.25, 0.3) is 0 Å². The van der Waals surface area contributed by atoms with Crippen LogP contribution >= 0.6 is 0 Å². The van der Waals surface area contributed by atoms with Gasteiger partial charge in [-0.25, -0.2) is 0 Å². The topological polar surface area (TPSA) is 65.0 Å². The van der Waals surface area contributed by atoms with Crippen LogP contribution in [0.3, 0.4) is 0 Å². The summed E-state index contributed by atoms with van der Waals surface area (Å²) in [5.74, 6) is -0.0129. The number of rotatable bonds is 7. The van der Waals surface area contributed by atoms with E-state index in [1.165, 1.54) is 0 Å². The lowest BCUT2D eigenvalue weighted by Gasteiger charge is -2.18. The van der Waals surface area contributed by atoms with Crippen LogP contribution in [0.1, 0.15) is 18.1 Å². The Morgan fingerprint density at radius 2 is 1.68 bits per heavy atom. The minimum atomic E-state index is -0.840. The second-order valence-corrected chi connectivity index (χ2v) is 4.30. The van der Waals surface area contributed by atoms with Gasteiger partial charge in [0.1, 0.15) is 11.5 Å². The molecule has 0 heterocycles. The summed E-state index contributed by atoms with van der Waals surface area (Å²) < 4.78 is 15.8. The highest BCUT2D eigenvalue weighted by atomic mass is 16.5. The summed E-state index contributed by atoms with van der Waals surface area (Å²) in [7, 11) is 4.72. The molecular formula is C14H20O5. The monoisotopic (exact) mass is 268 g/mol. The van der Waals surface area contributed by atoms with Crippen LogP contribution in [-0.2, 0) is 22.6 Å². The van der Waals surface area contributed by atoms with Crippen molar-refractivity contribution in [3.05, 3.63) is 23.3 Å². The average Bonchev–Trinajstić information content (AvgIpc) is 2.40. The summed E-state index contributed by atoms with van der Waals surface area (Å²) in [5, 5.41) is 9.05. The summed E-state index contributed by atoms with van der Waals surface area (Å²) in [6.07, 6.45) is 0.369. The average molecular weight is 268 g/mol. The predicted octanol–water partition coefficient (Wildman–Crippen LogP) is 2.11. The first-order valence-corrected chi connectivity index (χ1v) is 5.99. The Bertz CT molecular complexity index is 442. The molecule has 106 valence electrons. The van der Waals surface area contributed by atoms with Gasteiger partial charge >= 0.3 is 5.97 Å². The van der Waals surface area contributed by atoms with Crippen molar-refractivity contribution < 1.29 is 24.1 Å². The third-order valence-corrected chi connectivity index (χ3v) is 3.01. The second-order valence-electron chi connectivity index (χ2n) is 4.30. The molecule has 0 fully saturated rings. The molecule has 5 nitrogen and oxygen atoms in total. The van der Waals surface area contributed by atoms with E-state index in [1.54, 1.807) is 40.4 Å². The van der Waals surface area contributed by atoms with E-state index in [4.69, 9.17) is 19.3 Å². The second kappa shape index (κ2) is 6.99. The molecule has 0 saturated carbocycles. The lowest BCUT2D eigenvalue weighted by Crippen LogP contribution is -2.15. The molecule has 0 saturated heterocycles. The van der Waals surface area contributed by atoms with E-state index < -0.39 is 11.9 Å². The standard InChI is InChI=1S/C14H20O5/c1-9(14(15)16)7-10-11(8-17-2)13(19-4)6-5-12(10)18-3/h5-6,9H,7-8H2,1-4H3,(H,15,16). The Labute approximate surface area is 113 Å². The quantitative estimate of drug-likeness (QED) is 0.820. The Hall–Kier alpha value is -1.75. The molecule has 1 aromatic rings. The fourth-order valence-corrected chi connectivity index (χ4v) is 1.95. The van der Waals surface area contributed by atoms with E-state index in [9.17, 15) is 4.79 Å². The molecule has 0 radical (unpaired) electrons. The first-order chi connectivity index (χ1) is 9.04. The molecule has 0 aliphatic heterocycles. The fourth-order valence-electron chi connectivity index (χ4n) is 1.95. The first-order valence-electron chi connectivity index (χ1n) is 5.99. The van der Waals surface area contributed by atoms with Crippen molar-refractivity contribution in [1.82, 2.24) is 0 Å². The summed E-state index contributed by atoms with van der Waals surface area (Å²) in [6.45, 7) is 2.01. The maximum atomic E-state index is 11.0. The molecule has 0 spiro atoms. The summed E-state index contributed by atoms with van der Waals surface area (Å²) >= 11 is 0. The van der Waals surface area contributed by atoms with E-state index in [2.05, 4.69) is 0 Å². The van der Waals surface area contributed by atoms with Crippen LogP contribution in [0.25, 0.3) is 0 Å². The van der Waals surface area contributed by atoms with Crippen LogP contribution in [0.5, 0.6) is 11.5 Å². The third kappa shape index (κ3) is 3.61. The number of aliphatic carboxylic acids is 1. The van der Waals surface area contributed by atoms with Gasteiger partial charge in [-0.3, -0.25) is 4.79 Å². The Morgan fingerprint density at radius 1 is 1.16 bits per heavy atom. The minimum absolute atomic E-state index is 0.349. The van der Waals surface area contributed by atoms with E-state index in [-0.39, 0.29) is 0 Å². The van der Waals surface area contributed by atoms with Crippen molar-refractivity contribution >= 4 is 5.97 Å². The number of benzene rings is 1. The fraction of sp³-hybridized carbons (Fsp3) is 0.500. The van der Waals surface area contributed by atoms with Gasteiger partial charge in [0.2, 0.25) is 0 Å². The number of ether oxygens (including phenoxy) is 3. The molecule has 1 atom stereocenters. The molecule has 19 heavy (non-hydrogen) atoms. The van der Waals surface area contributed by atoms with Gasteiger partial charge in [-0.05, 0) is 18.6 Å². The molecule has 0 aliphatic rings. The number of carbonyl (C=O) groups is 1. The van der Waals surface area contributed by atoms with Gasteiger partial charge in [-0.2, -0.15) is 0 Å². The SMILES string of the molecule is COCc1c(OC)ccc(OC)c1CC(C)C(=O)O. The normalized spacial score (nSPS) is 12.0. The largest absolute Gasteiger partial charge is 0.496 e. The molecule has 1 aromatic carbocycles. The van der Waals surface area contributed by atoms with Crippen LogP contribution in [0.2, 0.25) is 0 Å². The summed E-state index contributed by atoms with van der Waals surface area (Å²) in [5.41, 5.74) is 1.65. The van der Waals surface area contributed by atoms with Crippen LogP contribution < -0.4 is 9.47 Å². The highest BCUT2D eigenvalue weighted by Crippen LogP contribution is 2.33. The maximum Gasteiger partial charge on any atom is 0.306 e. The van der Waals surface area contributed by atoms with Gasteiger partial charge in [0, 0.05) is 18.2 Å². The molecule has 0 aliphatic carbocycles. The number of carboxylic acids is 1. The Kier molecular flexibility index (Phi) is 5.63. The van der Waals surface area contributed by atoms with Crippen molar-refractivity contribution in [3.8, 4) is 11.5 Å². The zero-order chi connectivity index (χ0) is 14.4. The highest BCUT2D eigenvalue weighted by molar-refractivity contribution is 5.70. The molecule has 1 rings (SSSR count). The van der Waals surface area contributed by atoms with Gasteiger partial charge in [0.05, 0.1) is 26.7 Å². The number of hydrogen-bond acceptors (Lipinski definition) is 4. The van der Waals surface area contributed by atoms with Crippen molar-refractivity contribution in [3.63, 3.8) is 0 Å². The van der Waals surface area contributed by atoms with Crippen LogP contribution in [-0.4, -0.2) is 32.4 Å². The molecular weight excluding hydrogens is 248 g/mol. The van der Waals surface area contributed by atoms with E-state index >= 15 is 0 Å². The van der Waals surface area contributed by atoms with E-state index in [1.807, 2.05) is 0 Å². The molecule has 0 amide bonds. The molecule has 0 bridgehead atoms. The van der Waals surface area contributed by atoms with Crippen molar-refractivity contribution in [2.75, 3.05) is 21.3 Å². The Morgan fingerprint density at radius 3 is 2.11 bits per heavy atom. The van der Waals surface area contributed by atoms with Crippen molar-refractivity contribution in [2.24, 2.45) is 5.92 Å². The maximum absolute atomic E-state index is 11.0. The molecule has 5 heteroatoms. The van der Waals surface area contributed by atoms with Gasteiger partial charge in [-0.15, -0.1) is 0 Å². The van der Waals surface area contributed by atoms with Crippen molar-refractivity contribution in [1.29, 1.82) is 0 Å². The first kappa shape index (κ1) is 15.3. The number of carboxylic acid groups (broad SMARTS) is 1. The van der Waals surface area contributed by atoms with Gasteiger partial charge < -0.3 is 19.3 Å². The highest BCUT2D eigenvalue weighted by Gasteiger charge is 2.20. The van der Waals surface area contributed by atoms with E-state index in [0.29, 0.717) is 24.5 Å². The predicted molar refractivity (Wildman–Crippen MR) is 70.8 cm³/mol. The smallest absolute Gasteiger partial charge is 0.306 e. The lowest BCUT2D eigenvalue weighted by atomic mass is 9.95. The lowest BCUT2D eigenvalue weighted by molar-refractivity contribution is -0.141. The van der Waals surface area contributed by atoms with Gasteiger partial charge in [-0.1, -0.05) is 6.92 Å². The third-order valence-electron chi connectivity index (χ3n) is 3.01. The van der Waals surface area contributed by atoms with Gasteiger partial charge in [0.15, 0.2) is 0 Å². The van der Waals surface area contributed by atoms with Crippen LogP contribution in [0.15, 0.2) is 12.1 Å². The van der Waals surface area contributed by atoms with E-state index in [0.717, 1.165) is 11.1 Å². The van der Waals surface area contributed by atoms with Crippen LogP contribution in [0.4, 0.5) is 0 Å². The molecule has 1 unspecified atom stereocenters. The minimum Gasteiger partial charge on any atom is -0.496 e. The summed E-state index contributed by atoms with van der Waals surface area (Å²) in [6, 6.07) is 3.57. The Balaban J connectivity index is 3.25. The zero-order valence-corrected chi connectivity index (χ0v) is 11.7. The van der Waals surface area contributed by atoms with Crippen LogP contribution in [0, 0.1) is 5.92 Å². The molecule has 1 N–H and O–H groups in total. The number of methoxy groups -OCH3 is 3. The molecule has 0 aromatic heterocycles. The van der Waals surface area contributed by atoms with Crippen molar-refractivity contribution in [2.45, 2.75) is 20.0 Å².